The maximum atomic E-state index is 12.2. The molecule has 0 saturated carbocycles. The van der Waals surface area contributed by atoms with Crippen LogP contribution < -0.4 is 11.1 Å². The molecule has 0 saturated heterocycles. The summed E-state index contributed by atoms with van der Waals surface area (Å²) in [5.74, 6) is 0.510. The Morgan fingerprint density at radius 3 is 2.47 bits per heavy atom. The summed E-state index contributed by atoms with van der Waals surface area (Å²) in [6.45, 7) is 8.36. The molecule has 1 aromatic heterocycles. The molecular weight excluding hydrogens is 240 g/mol. The van der Waals surface area contributed by atoms with E-state index in [1.165, 1.54) is 0 Å². The van der Waals surface area contributed by atoms with E-state index in [0.717, 1.165) is 25.0 Å². The molecule has 0 aromatic carbocycles. The van der Waals surface area contributed by atoms with Crippen molar-refractivity contribution < 1.29 is 4.79 Å². The van der Waals surface area contributed by atoms with Crippen molar-refractivity contribution in [3.8, 4) is 0 Å². The van der Waals surface area contributed by atoms with Gasteiger partial charge in [-0.3, -0.25) is 9.48 Å². The molecule has 1 amide bonds. The van der Waals surface area contributed by atoms with Crippen LogP contribution in [0.3, 0.4) is 0 Å². The molecule has 5 nitrogen and oxygen atoms in total. The highest BCUT2D eigenvalue weighted by atomic mass is 16.2. The van der Waals surface area contributed by atoms with Crippen molar-refractivity contribution in [2.24, 2.45) is 13.0 Å². The molecule has 1 atom stereocenters. The first kappa shape index (κ1) is 15.5. The fourth-order valence-electron chi connectivity index (χ4n) is 2.07. The Morgan fingerprint density at radius 1 is 1.37 bits per heavy atom. The molecule has 1 aromatic rings. The molecule has 0 fully saturated rings. The number of nitrogens with two attached hydrogens (primary N) is 1. The predicted octanol–water partition coefficient (Wildman–Crippen LogP) is 2.12. The lowest BCUT2D eigenvalue weighted by molar-refractivity contribution is 0.0928. The van der Waals surface area contributed by atoms with Gasteiger partial charge in [0.15, 0.2) is 0 Å². The van der Waals surface area contributed by atoms with Gasteiger partial charge in [0.1, 0.15) is 5.69 Å². The lowest BCUT2D eigenvalue weighted by Crippen LogP contribution is -2.34. The molecule has 1 heterocycles. The van der Waals surface area contributed by atoms with Gasteiger partial charge in [0.2, 0.25) is 0 Å². The lowest BCUT2D eigenvalue weighted by atomic mass is 10.0. The first-order valence-corrected chi connectivity index (χ1v) is 6.99. The topological polar surface area (TPSA) is 72.9 Å². The molecule has 0 radical (unpaired) electrons. The molecular formula is C14H26N4O. The Hall–Kier alpha value is -1.52. The van der Waals surface area contributed by atoms with Crippen LogP contribution in [0.4, 0.5) is 5.69 Å². The average molecular weight is 266 g/mol. The smallest absolute Gasteiger partial charge is 0.271 e. The van der Waals surface area contributed by atoms with Gasteiger partial charge in [-0.1, -0.05) is 20.8 Å². The molecule has 3 N–H and O–H groups in total. The number of nitrogens with zero attached hydrogens (tertiary/aromatic N) is 2. The van der Waals surface area contributed by atoms with E-state index in [4.69, 9.17) is 5.73 Å². The summed E-state index contributed by atoms with van der Waals surface area (Å²) < 4.78 is 1.57. The second-order valence-corrected chi connectivity index (χ2v) is 5.53. The number of anilines is 1. The monoisotopic (exact) mass is 266 g/mol. The molecule has 19 heavy (non-hydrogen) atoms. The number of hydrogen-bond donors (Lipinski definition) is 2. The molecule has 0 aliphatic rings. The number of hydrogen-bond acceptors (Lipinski definition) is 3. The predicted molar refractivity (Wildman–Crippen MR) is 78.0 cm³/mol. The minimum absolute atomic E-state index is 0.136. The van der Waals surface area contributed by atoms with Crippen molar-refractivity contribution >= 4 is 11.6 Å². The second-order valence-electron chi connectivity index (χ2n) is 5.53. The highest BCUT2D eigenvalue weighted by molar-refractivity contribution is 5.98. The average Bonchev–Trinajstić information content (AvgIpc) is 2.61. The zero-order chi connectivity index (χ0) is 14.6. The van der Waals surface area contributed by atoms with Gasteiger partial charge in [-0.15, -0.1) is 0 Å². The van der Waals surface area contributed by atoms with Crippen LogP contribution in [0.15, 0.2) is 0 Å². The van der Waals surface area contributed by atoms with Gasteiger partial charge in [-0.25, -0.2) is 0 Å². The lowest BCUT2D eigenvalue weighted by Gasteiger charge is -2.15. The summed E-state index contributed by atoms with van der Waals surface area (Å²) in [7, 11) is 1.75. The number of rotatable bonds is 6. The molecule has 1 rings (SSSR count). The number of aromatic nitrogens is 2. The summed E-state index contributed by atoms with van der Waals surface area (Å²) in [5.41, 5.74) is 7.71. The van der Waals surface area contributed by atoms with Crippen molar-refractivity contribution in [2.45, 2.75) is 53.0 Å². The first-order chi connectivity index (χ1) is 8.86. The van der Waals surface area contributed by atoms with Gasteiger partial charge < -0.3 is 11.1 Å². The number of carbonyl (C=O) groups excluding carboxylic acids is 1. The van der Waals surface area contributed by atoms with E-state index in [9.17, 15) is 4.79 Å². The summed E-state index contributed by atoms with van der Waals surface area (Å²) in [6.07, 6.45) is 2.81. The summed E-state index contributed by atoms with van der Waals surface area (Å²) >= 11 is 0. The summed E-state index contributed by atoms with van der Waals surface area (Å²) in [4.78, 5) is 12.2. The first-order valence-electron chi connectivity index (χ1n) is 6.99. The van der Waals surface area contributed by atoms with E-state index in [1.807, 2.05) is 13.8 Å². The van der Waals surface area contributed by atoms with Crippen molar-refractivity contribution in [3.63, 3.8) is 0 Å². The normalized spacial score (nSPS) is 12.7. The molecule has 0 bridgehead atoms. The SMILES string of the molecule is CCc1nn(C)c(C(=O)NC(C)CCC(C)C)c1N. The maximum Gasteiger partial charge on any atom is 0.271 e. The quantitative estimate of drug-likeness (QED) is 0.828. The third-order valence-electron chi connectivity index (χ3n) is 3.26. The van der Waals surface area contributed by atoms with Crippen LogP contribution in [0, 0.1) is 5.92 Å². The van der Waals surface area contributed by atoms with Crippen LogP contribution in [-0.2, 0) is 13.5 Å². The summed E-state index contributed by atoms with van der Waals surface area (Å²) in [6, 6.07) is 0.147. The molecule has 1 unspecified atom stereocenters. The van der Waals surface area contributed by atoms with E-state index < -0.39 is 0 Å². The number of amides is 1. The van der Waals surface area contributed by atoms with E-state index in [-0.39, 0.29) is 11.9 Å². The van der Waals surface area contributed by atoms with Crippen LogP contribution >= 0.6 is 0 Å². The largest absolute Gasteiger partial charge is 0.395 e. The molecule has 0 aliphatic heterocycles. The third-order valence-corrected chi connectivity index (χ3v) is 3.26. The molecule has 5 heteroatoms. The van der Waals surface area contributed by atoms with Gasteiger partial charge >= 0.3 is 0 Å². The minimum Gasteiger partial charge on any atom is -0.395 e. The van der Waals surface area contributed by atoms with Gasteiger partial charge in [0.25, 0.3) is 5.91 Å². The van der Waals surface area contributed by atoms with Gasteiger partial charge in [-0.2, -0.15) is 5.10 Å². The molecule has 0 spiro atoms. The van der Waals surface area contributed by atoms with E-state index >= 15 is 0 Å². The molecule has 0 aliphatic carbocycles. The van der Waals surface area contributed by atoms with Crippen LogP contribution in [0.5, 0.6) is 0 Å². The highest BCUT2D eigenvalue weighted by Gasteiger charge is 2.20. The fraction of sp³-hybridized carbons (Fsp3) is 0.714. The van der Waals surface area contributed by atoms with E-state index in [0.29, 0.717) is 17.3 Å². The third kappa shape index (κ3) is 3.98. The van der Waals surface area contributed by atoms with Crippen LogP contribution in [0.2, 0.25) is 0 Å². The van der Waals surface area contributed by atoms with Crippen LogP contribution in [0.25, 0.3) is 0 Å². The van der Waals surface area contributed by atoms with E-state index in [1.54, 1.807) is 11.7 Å². The Labute approximate surface area is 115 Å². The van der Waals surface area contributed by atoms with Crippen LogP contribution in [-0.4, -0.2) is 21.7 Å². The van der Waals surface area contributed by atoms with Gasteiger partial charge in [0.05, 0.1) is 11.4 Å². The number of aryl methyl sites for hydroxylation is 2. The van der Waals surface area contributed by atoms with Crippen molar-refractivity contribution in [1.29, 1.82) is 0 Å². The number of nitrogens with one attached hydrogen (secondary N) is 1. The van der Waals surface area contributed by atoms with Crippen molar-refractivity contribution in [2.75, 3.05) is 5.73 Å². The highest BCUT2D eigenvalue weighted by Crippen LogP contribution is 2.17. The zero-order valence-electron chi connectivity index (χ0n) is 12.7. The Balaban J connectivity index is 2.70. The van der Waals surface area contributed by atoms with Gasteiger partial charge in [-0.05, 0) is 32.1 Å². The minimum atomic E-state index is -0.136. The second kappa shape index (κ2) is 6.59. The number of nitrogen functional groups attached to an aromatic ring is 1. The zero-order valence-corrected chi connectivity index (χ0v) is 12.7. The number of carbonyl (C=O) groups is 1. The molecule has 108 valence electrons. The summed E-state index contributed by atoms with van der Waals surface area (Å²) in [5, 5.41) is 7.25. The standard InChI is InChI=1S/C14H26N4O/c1-6-11-12(15)13(18(5)17-11)14(19)16-10(4)8-7-9(2)3/h9-10H,6-8,15H2,1-5H3,(H,16,19). The van der Waals surface area contributed by atoms with E-state index in [2.05, 4.69) is 24.3 Å². The maximum absolute atomic E-state index is 12.2. The van der Waals surface area contributed by atoms with Crippen LogP contribution in [0.1, 0.15) is 56.7 Å². The Bertz CT molecular complexity index is 437. The van der Waals surface area contributed by atoms with Gasteiger partial charge in [0, 0.05) is 13.1 Å². The van der Waals surface area contributed by atoms with Crippen molar-refractivity contribution in [1.82, 2.24) is 15.1 Å². The Morgan fingerprint density at radius 2 is 2.00 bits per heavy atom. The Kier molecular flexibility index (Phi) is 5.39. The van der Waals surface area contributed by atoms with Crippen molar-refractivity contribution in [3.05, 3.63) is 11.4 Å². The fourth-order valence-corrected chi connectivity index (χ4v) is 2.07.